The highest BCUT2D eigenvalue weighted by atomic mass is 15.2. The number of anilines is 1. The van der Waals surface area contributed by atoms with Crippen molar-refractivity contribution in [2.24, 2.45) is 0 Å². The SMILES string of the molecule is C1=C(c2ccnc(N3CCCC3)c2)CCNC1. The summed E-state index contributed by atoms with van der Waals surface area (Å²) in [7, 11) is 0. The Morgan fingerprint density at radius 2 is 2.12 bits per heavy atom. The topological polar surface area (TPSA) is 28.2 Å². The molecule has 0 unspecified atom stereocenters. The molecular formula is C14H19N3. The Labute approximate surface area is 103 Å². The average Bonchev–Trinajstić information content (AvgIpc) is 2.94. The lowest BCUT2D eigenvalue weighted by Gasteiger charge is -2.19. The zero-order valence-corrected chi connectivity index (χ0v) is 10.2. The standard InChI is InChI=1S/C14H19N3/c1-2-10-17(9-1)14-11-13(5-8-16-14)12-3-6-15-7-4-12/h3,5,8,11,15H,1-2,4,6-7,9-10H2. The maximum absolute atomic E-state index is 4.50. The van der Waals surface area contributed by atoms with Gasteiger partial charge in [-0.15, -0.1) is 0 Å². The van der Waals surface area contributed by atoms with Crippen molar-refractivity contribution in [2.75, 3.05) is 31.1 Å². The Hall–Kier alpha value is -1.35. The second-order valence-corrected chi connectivity index (χ2v) is 4.78. The minimum atomic E-state index is 0.997. The number of nitrogens with one attached hydrogen (secondary N) is 1. The molecule has 0 amide bonds. The van der Waals surface area contributed by atoms with E-state index in [1.54, 1.807) is 0 Å². The third-order valence-corrected chi connectivity index (χ3v) is 3.61. The summed E-state index contributed by atoms with van der Waals surface area (Å²) in [5.74, 6) is 1.15. The van der Waals surface area contributed by atoms with Crippen LogP contribution in [0, 0.1) is 0 Å². The molecule has 0 aliphatic carbocycles. The molecule has 2 aliphatic rings. The largest absolute Gasteiger partial charge is 0.357 e. The van der Waals surface area contributed by atoms with Gasteiger partial charge in [-0.1, -0.05) is 6.08 Å². The van der Waals surface area contributed by atoms with E-state index in [0.29, 0.717) is 0 Å². The molecule has 1 aromatic heterocycles. The minimum absolute atomic E-state index is 0.997. The first-order valence-corrected chi connectivity index (χ1v) is 6.54. The van der Waals surface area contributed by atoms with Crippen molar-refractivity contribution < 1.29 is 0 Å². The fourth-order valence-corrected chi connectivity index (χ4v) is 2.62. The summed E-state index contributed by atoms with van der Waals surface area (Å²) in [6.07, 6.45) is 7.99. The molecule has 17 heavy (non-hydrogen) atoms. The molecule has 3 nitrogen and oxygen atoms in total. The van der Waals surface area contributed by atoms with E-state index in [1.807, 2.05) is 6.20 Å². The highest BCUT2D eigenvalue weighted by Gasteiger charge is 2.14. The molecule has 1 N–H and O–H groups in total. The quantitative estimate of drug-likeness (QED) is 0.841. The van der Waals surface area contributed by atoms with Gasteiger partial charge in [0.25, 0.3) is 0 Å². The van der Waals surface area contributed by atoms with Crippen LogP contribution < -0.4 is 10.2 Å². The van der Waals surface area contributed by atoms with Crippen molar-refractivity contribution in [3.8, 4) is 0 Å². The van der Waals surface area contributed by atoms with E-state index in [9.17, 15) is 0 Å². The van der Waals surface area contributed by atoms with Crippen LogP contribution in [0.1, 0.15) is 24.8 Å². The highest BCUT2D eigenvalue weighted by Crippen LogP contribution is 2.24. The van der Waals surface area contributed by atoms with E-state index in [0.717, 1.165) is 38.4 Å². The van der Waals surface area contributed by atoms with Gasteiger partial charge in [0.15, 0.2) is 0 Å². The lowest BCUT2D eigenvalue weighted by atomic mass is 10.0. The third kappa shape index (κ3) is 2.34. The minimum Gasteiger partial charge on any atom is -0.357 e. The molecule has 0 saturated carbocycles. The van der Waals surface area contributed by atoms with Crippen LogP contribution in [0.5, 0.6) is 0 Å². The van der Waals surface area contributed by atoms with Crippen LogP contribution in [0.3, 0.4) is 0 Å². The Balaban J connectivity index is 1.85. The lowest BCUT2D eigenvalue weighted by molar-refractivity contribution is 0.738. The number of pyridine rings is 1. The summed E-state index contributed by atoms with van der Waals surface area (Å²) < 4.78 is 0. The maximum Gasteiger partial charge on any atom is 0.129 e. The van der Waals surface area contributed by atoms with E-state index in [-0.39, 0.29) is 0 Å². The predicted molar refractivity (Wildman–Crippen MR) is 71.1 cm³/mol. The smallest absolute Gasteiger partial charge is 0.129 e. The first-order valence-electron chi connectivity index (χ1n) is 6.54. The second kappa shape index (κ2) is 4.88. The first kappa shape index (κ1) is 10.8. The third-order valence-electron chi connectivity index (χ3n) is 3.61. The van der Waals surface area contributed by atoms with Crippen LogP contribution in [0.15, 0.2) is 24.4 Å². The van der Waals surface area contributed by atoms with Gasteiger partial charge in [0, 0.05) is 25.8 Å². The van der Waals surface area contributed by atoms with Gasteiger partial charge in [0.05, 0.1) is 0 Å². The fourth-order valence-electron chi connectivity index (χ4n) is 2.62. The second-order valence-electron chi connectivity index (χ2n) is 4.78. The summed E-state index contributed by atoms with van der Waals surface area (Å²) in [6, 6.07) is 4.39. The van der Waals surface area contributed by atoms with Crippen LogP contribution in [0.2, 0.25) is 0 Å². The zero-order valence-electron chi connectivity index (χ0n) is 10.2. The number of hydrogen-bond donors (Lipinski definition) is 1. The van der Waals surface area contributed by atoms with Gasteiger partial charge in [0.1, 0.15) is 5.82 Å². The normalized spacial score (nSPS) is 20.5. The molecule has 1 aromatic rings. The first-order chi connectivity index (χ1) is 8.43. The summed E-state index contributed by atoms with van der Waals surface area (Å²) in [4.78, 5) is 6.89. The number of rotatable bonds is 2. The van der Waals surface area contributed by atoms with E-state index < -0.39 is 0 Å². The van der Waals surface area contributed by atoms with Crippen molar-refractivity contribution in [3.05, 3.63) is 30.0 Å². The van der Waals surface area contributed by atoms with E-state index >= 15 is 0 Å². The van der Waals surface area contributed by atoms with Crippen molar-refractivity contribution in [1.29, 1.82) is 0 Å². The van der Waals surface area contributed by atoms with Gasteiger partial charge in [0.2, 0.25) is 0 Å². The fraction of sp³-hybridized carbons (Fsp3) is 0.500. The highest BCUT2D eigenvalue weighted by molar-refractivity contribution is 5.68. The monoisotopic (exact) mass is 229 g/mol. The molecule has 3 heteroatoms. The maximum atomic E-state index is 4.50. The lowest BCUT2D eigenvalue weighted by Crippen LogP contribution is -2.21. The van der Waals surface area contributed by atoms with Crippen LogP contribution in [0.25, 0.3) is 5.57 Å². The molecule has 2 aliphatic heterocycles. The van der Waals surface area contributed by atoms with Gasteiger partial charge in [-0.05, 0) is 49.1 Å². The molecule has 0 spiro atoms. The number of hydrogen-bond acceptors (Lipinski definition) is 3. The summed E-state index contributed by atoms with van der Waals surface area (Å²) in [5.41, 5.74) is 2.81. The Kier molecular flexibility index (Phi) is 3.10. The summed E-state index contributed by atoms with van der Waals surface area (Å²) in [5, 5.41) is 3.35. The molecular weight excluding hydrogens is 210 g/mol. The van der Waals surface area contributed by atoms with Crippen molar-refractivity contribution >= 4 is 11.4 Å². The molecule has 1 fully saturated rings. The van der Waals surface area contributed by atoms with Gasteiger partial charge < -0.3 is 10.2 Å². The molecule has 3 rings (SSSR count). The van der Waals surface area contributed by atoms with E-state index in [2.05, 4.69) is 33.4 Å². The summed E-state index contributed by atoms with van der Waals surface area (Å²) in [6.45, 7) is 4.41. The zero-order chi connectivity index (χ0) is 11.5. The number of aromatic nitrogens is 1. The van der Waals surface area contributed by atoms with Crippen LogP contribution in [-0.2, 0) is 0 Å². The molecule has 1 saturated heterocycles. The van der Waals surface area contributed by atoms with Crippen molar-refractivity contribution in [2.45, 2.75) is 19.3 Å². The van der Waals surface area contributed by atoms with Crippen molar-refractivity contribution in [3.63, 3.8) is 0 Å². The Morgan fingerprint density at radius 3 is 2.88 bits per heavy atom. The van der Waals surface area contributed by atoms with Crippen molar-refractivity contribution in [1.82, 2.24) is 10.3 Å². The summed E-state index contributed by atoms with van der Waals surface area (Å²) >= 11 is 0. The van der Waals surface area contributed by atoms with Gasteiger partial charge >= 0.3 is 0 Å². The number of nitrogens with zero attached hydrogens (tertiary/aromatic N) is 2. The molecule has 90 valence electrons. The van der Waals surface area contributed by atoms with Crippen LogP contribution in [0.4, 0.5) is 5.82 Å². The van der Waals surface area contributed by atoms with Crippen LogP contribution in [-0.4, -0.2) is 31.2 Å². The molecule has 0 bridgehead atoms. The van der Waals surface area contributed by atoms with E-state index in [4.69, 9.17) is 0 Å². The van der Waals surface area contributed by atoms with Gasteiger partial charge in [-0.25, -0.2) is 4.98 Å². The van der Waals surface area contributed by atoms with Gasteiger partial charge in [-0.2, -0.15) is 0 Å². The Morgan fingerprint density at radius 1 is 1.24 bits per heavy atom. The van der Waals surface area contributed by atoms with Crippen LogP contribution >= 0.6 is 0 Å². The average molecular weight is 229 g/mol. The molecule has 0 atom stereocenters. The molecule has 0 radical (unpaired) electrons. The van der Waals surface area contributed by atoms with Gasteiger partial charge in [-0.3, -0.25) is 0 Å². The van der Waals surface area contributed by atoms with E-state index in [1.165, 1.54) is 24.0 Å². The molecule has 0 aromatic carbocycles. The Bertz CT molecular complexity index is 419. The molecule has 3 heterocycles. The predicted octanol–water partition coefficient (Wildman–Crippen LogP) is 2.06.